The van der Waals surface area contributed by atoms with E-state index in [0.29, 0.717) is 11.3 Å². The second kappa shape index (κ2) is 7.28. The van der Waals surface area contributed by atoms with Gasteiger partial charge in [-0.15, -0.1) is 23.1 Å². The number of benzene rings is 1. The molecule has 1 unspecified atom stereocenters. The summed E-state index contributed by atoms with van der Waals surface area (Å²) < 4.78 is 0. The number of carbonyl (C=O) groups is 2. The molecule has 0 aliphatic heterocycles. The first-order valence-corrected chi connectivity index (χ1v) is 8.48. The molecule has 2 amide bonds. The van der Waals surface area contributed by atoms with Crippen LogP contribution < -0.4 is 11.1 Å². The quantitative estimate of drug-likeness (QED) is 0.802. The van der Waals surface area contributed by atoms with Gasteiger partial charge in [0.15, 0.2) is 0 Å². The summed E-state index contributed by atoms with van der Waals surface area (Å²) in [6, 6.07) is 10.7. The van der Waals surface area contributed by atoms with Gasteiger partial charge in [-0.2, -0.15) is 0 Å². The van der Waals surface area contributed by atoms with E-state index in [1.54, 1.807) is 0 Å². The van der Waals surface area contributed by atoms with Crippen LogP contribution in [0.2, 0.25) is 0 Å². The average Bonchev–Trinajstić information content (AvgIpc) is 2.96. The number of thioether (sulfide) groups is 1. The summed E-state index contributed by atoms with van der Waals surface area (Å²) in [5.41, 5.74) is 6.36. The number of primary amides is 1. The van der Waals surface area contributed by atoms with E-state index in [4.69, 9.17) is 5.73 Å². The van der Waals surface area contributed by atoms with E-state index < -0.39 is 11.9 Å². The van der Waals surface area contributed by atoms with E-state index in [9.17, 15) is 9.59 Å². The maximum atomic E-state index is 12.3. The highest BCUT2D eigenvalue weighted by atomic mass is 32.2. The van der Waals surface area contributed by atoms with Crippen molar-refractivity contribution >= 4 is 34.9 Å². The number of hydrogen-bond donors (Lipinski definition) is 2. The van der Waals surface area contributed by atoms with E-state index in [-0.39, 0.29) is 5.91 Å². The van der Waals surface area contributed by atoms with Crippen molar-refractivity contribution in [1.82, 2.24) is 5.32 Å². The molecule has 1 atom stereocenters. The van der Waals surface area contributed by atoms with Crippen LogP contribution in [0, 0.1) is 0 Å². The SMILES string of the molecule is CSc1ccsc1C(=O)NC(Cc1ccccc1)C(N)=O. The lowest BCUT2D eigenvalue weighted by Gasteiger charge is -2.15. The Labute approximate surface area is 131 Å². The Morgan fingerprint density at radius 2 is 2.00 bits per heavy atom. The van der Waals surface area contributed by atoms with Crippen LogP contribution in [0.25, 0.3) is 0 Å². The zero-order chi connectivity index (χ0) is 15.2. The first-order chi connectivity index (χ1) is 10.1. The third kappa shape index (κ3) is 4.09. The van der Waals surface area contributed by atoms with Gasteiger partial charge in [0.25, 0.3) is 5.91 Å². The predicted molar refractivity (Wildman–Crippen MR) is 86.7 cm³/mol. The van der Waals surface area contributed by atoms with Gasteiger partial charge in [0, 0.05) is 11.3 Å². The number of amides is 2. The summed E-state index contributed by atoms with van der Waals surface area (Å²) in [4.78, 5) is 25.4. The molecule has 1 aromatic carbocycles. The van der Waals surface area contributed by atoms with Crippen LogP contribution in [0.3, 0.4) is 0 Å². The maximum absolute atomic E-state index is 12.3. The number of nitrogens with one attached hydrogen (secondary N) is 1. The highest BCUT2D eigenvalue weighted by molar-refractivity contribution is 7.98. The molecule has 3 N–H and O–H groups in total. The number of hydrogen-bond acceptors (Lipinski definition) is 4. The van der Waals surface area contributed by atoms with Crippen LogP contribution >= 0.6 is 23.1 Å². The van der Waals surface area contributed by atoms with Crippen molar-refractivity contribution in [3.63, 3.8) is 0 Å². The normalized spacial score (nSPS) is 11.9. The molecule has 2 rings (SSSR count). The van der Waals surface area contributed by atoms with Gasteiger partial charge in [0.05, 0.1) is 0 Å². The van der Waals surface area contributed by atoms with Crippen LogP contribution in [-0.4, -0.2) is 24.1 Å². The molecule has 0 radical (unpaired) electrons. The van der Waals surface area contributed by atoms with Crippen molar-refractivity contribution in [1.29, 1.82) is 0 Å². The van der Waals surface area contributed by atoms with Crippen LogP contribution in [0.15, 0.2) is 46.7 Å². The third-order valence-electron chi connectivity index (χ3n) is 2.99. The van der Waals surface area contributed by atoms with Crippen molar-refractivity contribution in [3.05, 3.63) is 52.2 Å². The molecule has 1 heterocycles. The molecule has 6 heteroatoms. The number of rotatable bonds is 6. The third-order valence-corrected chi connectivity index (χ3v) is 4.81. The molecule has 0 spiro atoms. The van der Waals surface area contributed by atoms with Gasteiger partial charge in [0.2, 0.25) is 5.91 Å². The molecular weight excluding hydrogens is 304 g/mol. The molecular formula is C15H16N2O2S2. The fourth-order valence-corrected chi connectivity index (χ4v) is 3.57. The standard InChI is InChI=1S/C15H16N2O2S2/c1-20-12-7-8-21-13(12)15(19)17-11(14(16)18)9-10-5-3-2-4-6-10/h2-8,11H,9H2,1H3,(H2,16,18)(H,17,19). The largest absolute Gasteiger partial charge is 0.368 e. The lowest BCUT2D eigenvalue weighted by Crippen LogP contribution is -2.45. The van der Waals surface area contributed by atoms with Gasteiger partial charge in [-0.05, 0) is 23.3 Å². The van der Waals surface area contributed by atoms with Gasteiger partial charge in [-0.1, -0.05) is 30.3 Å². The molecule has 0 aliphatic carbocycles. The smallest absolute Gasteiger partial charge is 0.263 e. The summed E-state index contributed by atoms with van der Waals surface area (Å²) in [6.45, 7) is 0. The highest BCUT2D eigenvalue weighted by Gasteiger charge is 2.21. The molecule has 0 aliphatic rings. The molecule has 0 bridgehead atoms. The maximum Gasteiger partial charge on any atom is 0.263 e. The monoisotopic (exact) mass is 320 g/mol. The molecule has 0 saturated heterocycles. The van der Waals surface area contributed by atoms with E-state index in [1.807, 2.05) is 48.0 Å². The minimum Gasteiger partial charge on any atom is -0.368 e. The van der Waals surface area contributed by atoms with E-state index >= 15 is 0 Å². The molecule has 0 fully saturated rings. The Bertz CT molecular complexity index is 626. The van der Waals surface area contributed by atoms with Crippen LogP contribution in [0.4, 0.5) is 0 Å². The summed E-state index contributed by atoms with van der Waals surface area (Å²) in [6.07, 6.45) is 2.30. The van der Waals surface area contributed by atoms with Crippen LogP contribution in [0.5, 0.6) is 0 Å². The van der Waals surface area contributed by atoms with Crippen molar-refractivity contribution in [2.45, 2.75) is 17.4 Å². The summed E-state index contributed by atoms with van der Waals surface area (Å²) in [5.74, 6) is -0.788. The lowest BCUT2D eigenvalue weighted by molar-refractivity contribution is -0.119. The minimum absolute atomic E-state index is 0.255. The molecule has 110 valence electrons. The van der Waals surface area contributed by atoms with Crippen molar-refractivity contribution in [2.24, 2.45) is 5.73 Å². The first-order valence-electron chi connectivity index (χ1n) is 6.37. The Kier molecular flexibility index (Phi) is 5.41. The summed E-state index contributed by atoms with van der Waals surface area (Å²) in [7, 11) is 0. The Balaban J connectivity index is 2.10. The number of nitrogens with two attached hydrogens (primary N) is 1. The molecule has 2 aromatic rings. The lowest BCUT2D eigenvalue weighted by atomic mass is 10.1. The summed E-state index contributed by atoms with van der Waals surface area (Å²) in [5, 5.41) is 4.58. The molecule has 1 aromatic heterocycles. The van der Waals surface area contributed by atoms with Gasteiger partial charge in [0.1, 0.15) is 10.9 Å². The van der Waals surface area contributed by atoms with Gasteiger partial charge < -0.3 is 11.1 Å². The van der Waals surface area contributed by atoms with Crippen molar-refractivity contribution < 1.29 is 9.59 Å². The Hall–Kier alpha value is -1.79. The van der Waals surface area contributed by atoms with Crippen LogP contribution in [0.1, 0.15) is 15.2 Å². The first kappa shape index (κ1) is 15.6. The molecule has 4 nitrogen and oxygen atoms in total. The highest BCUT2D eigenvalue weighted by Crippen LogP contribution is 2.25. The van der Waals surface area contributed by atoms with E-state index in [1.165, 1.54) is 23.1 Å². The number of thiophene rings is 1. The predicted octanol–water partition coefficient (Wildman–Crippen LogP) is 2.30. The average molecular weight is 320 g/mol. The van der Waals surface area contributed by atoms with E-state index in [0.717, 1.165) is 10.5 Å². The molecule has 0 saturated carbocycles. The van der Waals surface area contributed by atoms with Gasteiger partial charge >= 0.3 is 0 Å². The second-order valence-corrected chi connectivity index (χ2v) is 6.20. The Morgan fingerprint density at radius 1 is 1.29 bits per heavy atom. The van der Waals surface area contributed by atoms with Crippen LogP contribution in [-0.2, 0) is 11.2 Å². The zero-order valence-electron chi connectivity index (χ0n) is 11.5. The molecule has 21 heavy (non-hydrogen) atoms. The minimum atomic E-state index is -0.711. The topological polar surface area (TPSA) is 72.2 Å². The van der Waals surface area contributed by atoms with E-state index in [2.05, 4.69) is 5.32 Å². The van der Waals surface area contributed by atoms with Crippen molar-refractivity contribution in [3.8, 4) is 0 Å². The fraction of sp³-hybridized carbons (Fsp3) is 0.200. The zero-order valence-corrected chi connectivity index (χ0v) is 13.2. The number of carbonyl (C=O) groups excluding carboxylic acids is 2. The Morgan fingerprint density at radius 3 is 2.62 bits per heavy atom. The second-order valence-electron chi connectivity index (χ2n) is 4.44. The fourth-order valence-electron chi connectivity index (χ4n) is 1.92. The van der Waals surface area contributed by atoms with Gasteiger partial charge in [-0.25, -0.2) is 0 Å². The van der Waals surface area contributed by atoms with Gasteiger partial charge in [-0.3, -0.25) is 9.59 Å². The van der Waals surface area contributed by atoms with Crippen molar-refractivity contribution in [2.75, 3.05) is 6.26 Å². The summed E-state index contributed by atoms with van der Waals surface area (Å²) >= 11 is 2.86.